The van der Waals surface area contributed by atoms with E-state index in [-0.39, 0.29) is 0 Å². The minimum atomic E-state index is -1.14. The molecule has 122 valence electrons. The number of hydrogen-bond acceptors (Lipinski definition) is 3. The number of ketones is 1. The number of benzene rings is 3. The number of carbonyl (C=O) groups is 2. The van der Waals surface area contributed by atoms with Crippen molar-refractivity contribution in [3.05, 3.63) is 77.9 Å². The molecule has 25 heavy (non-hydrogen) atoms. The molecule has 1 amide bonds. The molecular formula is C21H16N2O2. The second-order valence-electron chi connectivity index (χ2n) is 5.76. The van der Waals surface area contributed by atoms with Gasteiger partial charge in [-0.2, -0.15) is 5.26 Å². The Kier molecular flexibility index (Phi) is 4.58. The van der Waals surface area contributed by atoms with E-state index in [1.165, 1.54) is 0 Å². The van der Waals surface area contributed by atoms with Crippen LogP contribution in [0.15, 0.2) is 66.7 Å². The second kappa shape index (κ2) is 6.98. The minimum absolute atomic E-state index is 0.547. The van der Waals surface area contributed by atoms with Crippen molar-refractivity contribution in [2.45, 2.75) is 12.8 Å². The van der Waals surface area contributed by atoms with E-state index in [1.54, 1.807) is 24.3 Å². The summed E-state index contributed by atoms with van der Waals surface area (Å²) in [7, 11) is 0. The van der Waals surface area contributed by atoms with Gasteiger partial charge < -0.3 is 5.32 Å². The first kappa shape index (κ1) is 16.4. The first-order valence-corrected chi connectivity index (χ1v) is 7.90. The Balaban J connectivity index is 1.93. The van der Waals surface area contributed by atoms with E-state index in [1.807, 2.05) is 55.5 Å². The number of hydrogen-bond donors (Lipinski definition) is 1. The number of carbonyl (C=O) groups excluding carboxylic acids is 2. The van der Waals surface area contributed by atoms with E-state index in [9.17, 15) is 14.9 Å². The number of rotatable bonds is 4. The van der Waals surface area contributed by atoms with E-state index >= 15 is 0 Å². The van der Waals surface area contributed by atoms with Gasteiger partial charge in [0.1, 0.15) is 5.92 Å². The van der Waals surface area contributed by atoms with Crippen molar-refractivity contribution in [3.8, 4) is 6.07 Å². The summed E-state index contributed by atoms with van der Waals surface area (Å²) in [6.45, 7) is 1.84. The predicted molar refractivity (Wildman–Crippen MR) is 97.1 cm³/mol. The largest absolute Gasteiger partial charge is 0.319 e. The van der Waals surface area contributed by atoms with Crippen LogP contribution in [0.3, 0.4) is 0 Å². The van der Waals surface area contributed by atoms with Gasteiger partial charge in [-0.15, -0.1) is 0 Å². The number of aryl methyl sites for hydroxylation is 1. The summed E-state index contributed by atoms with van der Waals surface area (Å²) in [6, 6.07) is 22.1. The van der Waals surface area contributed by atoms with Gasteiger partial charge in [0.15, 0.2) is 0 Å². The summed E-state index contributed by atoms with van der Waals surface area (Å²) in [5, 5.41) is 13.9. The van der Waals surface area contributed by atoms with Crippen molar-refractivity contribution in [1.29, 1.82) is 5.26 Å². The first-order valence-electron chi connectivity index (χ1n) is 7.90. The molecule has 0 aliphatic carbocycles. The van der Waals surface area contributed by atoms with Crippen molar-refractivity contribution < 1.29 is 9.59 Å². The van der Waals surface area contributed by atoms with Crippen LogP contribution < -0.4 is 5.32 Å². The molecular weight excluding hydrogens is 312 g/mol. The van der Waals surface area contributed by atoms with Crippen molar-refractivity contribution in [1.82, 2.24) is 0 Å². The molecule has 0 saturated carbocycles. The zero-order valence-corrected chi connectivity index (χ0v) is 13.7. The van der Waals surface area contributed by atoms with Crippen molar-refractivity contribution in [2.24, 2.45) is 0 Å². The molecule has 0 aliphatic rings. The molecule has 0 saturated heterocycles. The van der Waals surface area contributed by atoms with E-state index in [4.69, 9.17) is 0 Å². The molecule has 0 aliphatic heterocycles. The number of fused-ring (bicyclic) bond motifs is 1. The maximum Gasteiger partial charge on any atom is 0.293 e. The van der Waals surface area contributed by atoms with Gasteiger partial charge in [0.25, 0.3) is 5.91 Å². The zero-order chi connectivity index (χ0) is 17.8. The number of nitriles is 1. The highest BCUT2D eigenvalue weighted by Gasteiger charge is 2.28. The molecule has 0 fully saturated rings. The molecule has 4 heteroatoms. The topological polar surface area (TPSA) is 70.0 Å². The molecule has 3 rings (SSSR count). The Hall–Kier alpha value is -3.45. The van der Waals surface area contributed by atoms with Crippen LogP contribution in [0.25, 0.3) is 10.8 Å². The van der Waals surface area contributed by atoms with Crippen LogP contribution in [0.1, 0.15) is 17.0 Å². The highest BCUT2D eigenvalue weighted by atomic mass is 16.2. The molecule has 3 aromatic carbocycles. The van der Waals surface area contributed by atoms with Gasteiger partial charge in [0.2, 0.25) is 5.78 Å². The summed E-state index contributed by atoms with van der Waals surface area (Å²) < 4.78 is 0. The maximum absolute atomic E-state index is 12.6. The average molecular weight is 328 g/mol. The molecule has 0 spiro atoms. The van der Waals surface area contributed by atoms with E-state index in [2.05, 4.69) is 5.32 Å². The monoisotopic (exact) mass is 328 g/mol. The average Bonchev–Trinajstić information content (AvgIpc) is 2.64. The van der Waals surface area contributed by atoms with Crippen LogP contribution >= 0.6 is 0 Å². The van der Waals surface area contributed by atoms with E-state index < -0.39 is 17.6 Å². The van der Waals surface area contributed by atoms with Crippen LogP contribution in [-0.4, -0.2) is 11.7 Å². The quantitative estimate of drug-likeness (QED) is 0.737. The smallest absolute Gasteiger partial charge is 0.293 e. The van der Waals surface area contributed by atoms with Crippen molar-refractivity contribution >= 4 is 28.2 Å². The molecule has 3 aromatic rings. The number of nitrogens with zero attached hydrogens (tertiary/aromatic N) is 1. The van der Waals surface area contributed by atoms with Gasteiger partial charge in [0, 0.05) is 5.69 Å². The van der Waals surface area contributed by atoms with Crippen molar-refractivity contribution in [2.75, 3.05) is 5.32 Å². The van der Waals surface area contributed by atoms with Gasteiger partial charge in [-0.05, 0) is 34.9 Å². The lowest BCUT2D eigenvalue weighted by Gasteiger charge is -2.12. The van der Waals surface area contributed by atoms with E-state index in [0.717, 1.165) is 16.3 Å². The first-order chi connectivity index (χ1) is 12.1. The molecule has 1 N–H and O–H groups in total. The third-order valence-corrected chi connectivity index (χ3v) is 4.14. The normalized spacial score (nSPS) is 11.5. The Bertz CT molecular complexity index is 997. The van der Waals surface area contributed by atoms with E-state index in [0.29, 0.717) is 11.3 Å². The number of nitrogens with one attached hydrogen (secondary N) is 1. The van der Waals surface area contributed by atoms with Gasteiger partial charge in [0.05, 0.1) is 6.07 Å². The summed E-state index contributed by atoms with van der Waals surface area (Å²) in [5.41, 5.74) is 1.96. The second-order valence-corrected chi connectivity index (χ2v) is 5.76. The number of anilines is 1. The van der Waals surface area contributed by atoms with Gasteiger partial charge in [-0.25, -0.2) is 0 Å². The molecule has 0 radical (unpaired) electrons. The Labute approximate surface area is 145 Å². The highest BCUT2D eigenvalue weighted by Crippen LogP contribution is 2.26. The SMILES string of the molecule is Cc1ccccc1NC(=O)C(=O)[C@H](C#N)c1cccc2ccccc12. The van der Waals surface area contributed by atoms with Crippen LogP contribution in [-0.2, 0) is 9.59 Å². The lowest BCUT2D eigenvalue weighted by atomic mass is 9.91. The molecule has 1 atom stereocenters. The lowest BCUT2D eigenvalue weighted by Crippen LogP contribution is -2.28. The fourth-order valence-electron chi connectivity index (χ4n) is 2.80. The Morgan fingerprint density at radius 2 is 1.64 bits per heavy atom. The molecule has 0 aromatic heterocycles. The third-order valence-electron chi connectivity index (χ3n) is 4.14. The Morgan fingerprint density at radius 3 is 2.40 bits per heavy atom. The van der Waals surface area contributed by atoms with Crippen LogP contribution in [0.4, 0.5) is 5.69 Å². The fourth-order valence-corrected chi connectivity index (χ4v) is 2.80. The number of para-hydroxylation sites is 1. The molecule has 0 unspecified atom stereocenters. The van der Waals surface area contributed by atoms with Gasteiger partial charge >= 0.3 is 0 Å². The third kappa shape index (κ3) is 3.26. The van der Waals surface area contributed by atoms with Crippen LogP contribution in [0.5, 0.6) is 0 Å². The minimum Gasteiger partial charge on any atom is -0.319 e. The zero-order valence-electron chi connectivity index (χ0n) is 13.7. The van der Waals surface area contributed by atoms with Crippen molar-refractivity contribution in [3.63, 3.8) is 0 Å². The molecule has 0 bridgehead atoms. The van der Waals surface area contributed by atoms with Gasteiger partial charge in [-0.1, -0.05) is 60.7 Å². The van der Waals surface area contributed by atoms with Gasteiger partial charge in [-0.3, -0.25) is 9.59 Å². The summed E-state index contributed by atoms with van der Waals surface area (Å²) in [5.74, 6) is -2.69. The van der Waals surface area contributed by atoms with Crippen LogP contribution in [0, 0.1) is 18.3 Å². The lowest BCUT2D eigenvalue weighted by molar-refractivity contribution is -0.135. The summed E-state index contributed by atoms with van der Waals surface area (Å²) in [4.78, 5) is 25.0. The fraction of sp³-hybridized carbons (Fsp3) is 0.0952. The maximum atomic E-state index is 12.6. The summed E-state index contributed by atoms with van der Waals surface area (Å²) >= 11 is 0. The standard InChI is InChI=1S/C21H16N2O2/c1-14-7-2-5-12-19(14)23-21(25)20(24)18(13-22)17-11-6-9-15-8-3-4-10-16(15)17/h2-12,18H,1H3,(H,23,25)/t18-/m1/s1. The summed E-state index contributed by atoms with van der Waals surface area (Å²) in [6.07, 6.45) is 0. The predicted octanol–water partition coefficient (Wildman–Crippen LogP) is 3.96. The molecule has 0 heterocycles. The van der Waals surface area contributed by atoms with Crippen LogP contribution in [0.2, 0.25) is 0 Å². The Morgan fingerprint density at radius 1 is 0.960 bits per heavy atom. The number of amides is 1. The molecule has 4 nitrogen and oxygen atoms in total. The highest BCUT2D eigenvalue weighted by molar-refractivity contribution is 6.43. The number of Topliss-reactive ketones (excluding diaryl/α,β-unsaturated/α-hetero) is 1.